The van der Waals surface area contributed by atoms with E-state index in [4.69, 9.17) is 11.6 Å². The number of aromatic amines is 1. The van der Waals surface area contributed by atoms with E-state index in [-0.39, 0.29) is 23.1 Å². The van der Waals surface area contributed by atoms with Gasteiger partial charge in [0.15, 0.2) is 0 Å². The molecule has 0 spiro atoms. The summed E-state index contributed by atoms with van der Waals surface area (Å²) in [5, 5.41) is 10.8. The Kier molecular flexibility index (Phi) is 4.62. The molecule has 1 aromatic heterocycles. The monoisotopic (exact) mass is 321 g/mol. The van der Waals surface area contributed by atoms with Gasteiger partial charge in [-0.2, -0.15) is 0 Å². The highest BCUT2D eigenvalue weighted by atomic mass is 35.5. The molecule has 1 heterocycles. The minimum Gasteiger partial charge on any atom is -0.506 e. The van der Waals surface area contributed by atoms with Crippen LogP contribution in [0.5, 0.6) is 5.75 Å². The molecule has 0 radical (unpaired) electrons. The van der Waals surface area contributed by atoms with Gasteiger partial charge in [0.25, 0.3) is 11.0 Å². The zero-order valence-corrected chi connectivity index (χ0v) is 12.3. The van der Waals surface area contributed by atoms with Crippen molar-refractivity contribution in [3.8, 4) is 5.75 Å². The van der Waals surface area contributed by atoms with Gasteiger partial charge in [-0.1, -0.05) is 11.6 Å². The quantitative estimate of drug-likeness (QED) is 0.510. The van der Waals surface area contributed by atoms with Gasteiger partial charge in [0, 0.05) is 16.5 Å². The summed E-state index contributed by atoms with van der Waals surface area (Å²) in [6, 6.07) is 4.38. The van der Waals surface area contributed by atoms with E-state index in [9.17, 15) is 19.5 Å². The van der Waals surface area contributed by atoms with Crippen LogP contribution in [0.3, 0.4) is 0 Å². The molecule has 0 saturated carbocycles. The predicted molar refractivity (Wildman–Crippen MR) is 83.2 cm³/mol. The summed E-state index contributed by atoms with van der Waals surface area (Å²) in [7, 11) is 0. The van der Waals surface area contributed by atoms with Crippen LogP contribution in [0.1, 0.15) is 12.5 Å². The number of halogens is 1. The van der Waals surface area contributed by atoms with Gasteiger partial charge in [-0.25, -0.2) is 4.79 Å². The Hall–Kier alpha value is -2.60. The zero-order chi connectivity index (χ0) is 16.3. The number of fused-ring (bicyclic) bond motifs is 1. The molecule has 0 bridgehead atoms. The smallest absolute Gasteiger partial charge is 0.330 e. The van der Waals surface area contributed by atoms with E-state index >= 15 is 0 Å². The summed E-state index contributed by atoms with van der Waals surface area (Å²) in [6.07, 6.45) is 2.03. The Bertz CT molecular complexity index is 885. The molecule has 22 heavy (non-hydrogen) atoms. The molecule has 0 aliphatic carbocycles. The molecule has 0 fully saturated rings. The lowest BCUT2D eigenvalue weighted by molar-refractivity contribution is -0.137. The molecule has 1 aromatic carbocycles. The number of nitrogens with one attached hydrogen (secondary N) is 1. The van der Waals surface area contributed by atoms with Crippen LogP contribution in [-0.4, -0.2) is 22.7 Å². The summed E-state index contributed by atoms with van der Waals surface area (Å²) in [5.41, 5.74) is -1.99. The first-order valence-corrected chi connectivity index (χ1v) is 6.75. The van der Waals surface area contributed by atoms with E-state index in [1.165, 1.54) is 18.2 Å². The Morgan fingerprint density at radius 2 is 2.14 bits per heavy atom. The molecule has 2 aromatic rings. The third-order valence-electron chi connectivity index (χ3n) is 2.86. The average Bonchev–Trinajstić information content (AvgIpc) is 2.54. The molecule has 0 aliphatic heterocycles. The molecular weight excluding hydrogens is 310 g/mol. The second-order valence-corrected chi connectivity index (χ2v) is 4.76. The van der Waals surface area contributed by atoms with Gasteiger partial charge in [-0.15, -0.1) is 0 Å². The Balaban J connectivity index is 2.75. The van der Waals surface area contributed by atoms with E-state index in [2.05, 4.69) is 9.72 Å². The van der Waals surface area contributed by atoms with Crippen LogP contribution in [0.2, 0.25) is 5.02 Å². The fraction of sp³-hybridized carbons (Fsp3) is 0.133. The first kappa shape index (κ1) is 15.8. The van der Waals surface area contributed by atoms with Crippen LogP contribution in [0, 0.1) is 0 Å². The molecule has 2 N–H and O–H groups in total. The number of aromatic nitrogens is 1. The number of ether oxygens (including phenoxy) is 1. The van der Waals surface area contributed by atoms with Crippen molar-refractivity contribution < 1.29 is 14.6 Å². The molecule has 0 amide bonds. The normalized spacial score (nSPS) is 11.0. The number of benzene rings is 1. The second-order valence-electron chi connectivity index (χ2n) is 4.32. The van der Waals surface area contributed by atoms with Crippen molar-refractivity contribution in [2.24, 2.45) is 0 Å². The van der Waals surface area contributed by atoms with Crippen LogP contribution in [0.15, 0.2) is 33.9 Å². The van der Waals surface area contributed by atoms with Crippen LogP contribution >= 0.6 is 11.6 Å². The van der Waals surface area contributed by atoms with Crippen molar-refractivity contribution >= 4 is 34.5 Å². The van der Waals surface area contributed by atoms with Gasteiger partial charge in [0.1, 0.15) is 5.75 Å². The lowest BCUT2D eigenvalue weighted by Crippen LogP contribution is -2.25. The van der Waals surface area contributed by atoms with Crippen molar-refractivity contribution in [3.63, 3.8) is 0 Å². The number of carbonyl (C=O) groups excluding carboxylic acids is 1. The van der Waals surface area contributed by atoms with Crippen molar-refractivity contribution in [1.29, 1.82) is 0 Å². The van der Waals surface area contributed by atoms with Gasteiger partial charge in [0.2, 0.25) is 0 Å². The van der Waals surface area contributed by atoms with Gasteiger partial charge in [0.05, 0.1) is 17.7 Å². The fourth-order valence-electron chi connectivity index (χ4n) is 1.88. The maximum Gasteiger partial charge on any atom is 0.330 e. The molecule has 0 unspecified atom stereocenters. The van der Waals surface area contributed by atoms with Crippen molar-refractivity contribution in [2.45, 2.75) is 6.92 Å². The van der Waals surface area contributed by atoms with Gasteiger partial charge in [-0.05, 0) is 31.2 Å². The van der Waals surface area contributed by atoms with E-state index in [1.54, 1.807) is 6.92 Å². The predicted octanol–water partition coefficient (Wildman–Crippen LogP) is 1.82. The van der Waals surface area contributed by atoms with Crippen LogP contribution in [-0.2, 0) is 9.53 Å². The van der Waals surface area contributed by atoms with Crippen LogP contribution in [0.25, 0.3) is 17.0 Å². The number of H-pyrrole nitrogens is 1. The van der Waals surface area contributed by atoms with Crippen LogP contribution < -0.4 is 11.0 Å². The number of hydrogen-bond acceptors (Lipinski definition) is 5. The largest absolute Gasteiger partial charge is 0.506 e. The molecule has 7 heteroatoms. The van der Waals surface area contributed by atoms with Crippen molar-refractivity contribution in [2.75, 3.05) is 6.61 Å². The summed E-state index contributed by atoms with van der Waals surface area (Å²) >= 11 is 5.83. The highest BCUT2D eigenvalue weighted by molar-refractivity contribution is 6.31. The van der Waals surface area contributed by atoms with Crippen molar-refractivity contribution in [3.05, 3.63) is 55.4 Å². The maximum absolute atomic E-state index is 12.0. The standard InChI is InChI=1S/C15H12ClNO5/c1-2-22-12(18)6-5-10-13(19)9-4-3-8(16)7-11(9)17-15(21)14(10)20/h3-7,19H,2H2,1H3,(H,17,20,21). The minimum atomic E-state index is -0.967. The number of carbonyl (C=O) groups is 1. The Labute approximate surface area is 129 Å². The molecule has 0 atom stereocenters. The van der Waals surface area contributed by atoms with Crippen LogP contribution in [0.4, 0.5) is 0 Å². The second kappa shape index (κ2) is 6.44. The lowest BCUT2D eigenvalue weighted by Gasteiger charge is -1.98. The Morgan fingerprint density at radius 1 is 1.41 bits per heavy atom. The molecule has 2 rings (SSSR count). The summed E-state index contributed by atoms with van der Waals surface area (Å²) in [6.45, 7) is 1.80. The molecule has 114 valence electrons. The van der Waals surface area contributed by atoms with Crippen molar-refractivity contribution in [1.82, 2.24) is 4.98 Å². The van der Waals surface area contributed by atoms with E-state index in [0.29, 0.717) is 5.02 Å². The highest BCUT2D eigenvalue weighted by Crippen LogP contribution is 2.26. The number of hydrogen-bond donors (Lipinski definition) is 2. The number of rotatable bonds is 3. The van der Waals surface area contributed by atoms with Gasteiger partial charge in [-0.3, -0.25) is 9.59 Å². The summed E-state index contributed by atoms with van der Waals surface area (Å²) < 4.78 is 4.69. The SMILES string of the molecule is CCOC(=O)C=Cc1c(O)c2ccc(Cl)cc2[nH]c(=O)c1=O. The maximum atomic E-state index is 12.0. The highest BCUT2D eigenvalue weighted by Gasteiger charge is 2.11. The average molecular weight is 322 g/mol. The van der Waals surface area contributed by atoms with E-state index < -0.39 is 22.7 Å². The summed E-state index contributed by atoms with van der Waals surface area (Å²) in [5.74, 6) is -1.10. The lowest BCUT2D eigenvalue weighted by atomic mass is 10.1. The Morgan fingerprint density at radius 3 is 2.82 bits per heavy atom. The van der Waals surface area contributed by atoms with E-state index in [0.717, 1.165) is 12.2 Å². The summed E-state index contributed by atoms with van der Waals surface area (Å²) in [4.78, 5) is 37.5. The third kappa shape index (κ3) is 3.17. The number of aromatic hydroxyl groups is 1. The van der Waals surface area contributed by atoms with Gasteiger partial charge < -0.3 is 14.8 Å². The third-order valence-corrected chi connectivity index (χ3v) is 3.10. The number of esters is 1. The topological polar surface area (TPSA) is 96.5 Å². The molecule has 6 nitrogen and oxygen atoms in total. The fourth-order valence-corrected chi connectivity index (χ4v) is 2.05. The minimum absolute atomic E-state index is 0.171. The molecular formula is C15H12ClNO5. The molecule has 0 aliphatic rings. The van der Waals surface area contributed by atoms with Gasteiger partial charge >= 0.3 is 5.97 Å². The first-order chi connectivity index (χ1) is 10.4. The first-order valence-electron chi connectivity index (χ1n) is 6.37. The molecule has 0 saturated heterocycles. The van der Waals surface area contributed by atoms with E-state index in [1.807, 2.05) is 0 Å². The zero-order valence-electron chi connectivity index (χ0n) is 11.6.